The lowest BCUT2D eigenvalue weighted by Crippen LogP contribution is -2.28. The number of anilines is 1. The van der Waals surface area contributed by atoms with E-state index in [-0.39, 0.29) is 18.2 Å². The van der Waals surface area contributed by atoms with E-state index in [1.54, 1.807) is 30.2 Å². The first kappa shape index (κ1) is 19.0. The normalized spacial score (nSPS) is 16.3. The van der Waals surface area contributed by atoms with Crippen LogP contribution in [0.2, 0.25) is 5.02 Å². The number of halogens is 1. The van der Waals surface area contributed by atoms with Crippen LogP contribution < -0.4 is 14.8 Å². The van der Waals surface area contributed by atoms with Gasteiger partial charge in [0.2, 0.25) is 11.8 Å². The molecule has 0 spiro atoms. The maximum Gasteiger partial charge on any atom is 0.229 e. The highest BCUT2D eigenvalue weighted by atomic mass is 35.5. The van der Waals surface area contributed by atoms with Crippen molar-refractivity contribution in [1.29, 1.82) is 0 Å². The molecule has 1 saturated heterocycles. The molecular weight excluding hydrogens is 368 g/mol. The van der Waals surface area contributed by atoms with Gasteiger partial charge in [-0.25, -0.2) is 0 Å². The molecular formula is C20H21ClN2O4. The van der Waals surface area contributed by atoms with Crippen LogP contribution in [0.15, 0.2) is 42.5 Å². The molecule has 27 heavy (non-hydrogen) atoms. The molecule has 0 bridgehead atoms. The Hall–Kier alpha value is -2.73. The van der Waals surface area contributed by atoms with Gasteiger partial charge in [-0.05, 0) is 35.9 Å². The summed E-state index contributed by atoms with van der Waals surface area (Å²) in [5.74, 6) is 0.607. The van der Waals surface area contributed by atoms with Crippen molar-refractivity contribution >= 4 is 29.1 Å². The summed E-state index contributed by atoms with van der Waals surface area (Å²) in [7, 11) is 3.13. The molecule has 1 atom stereocenters. The molecule has 0 unspecified atom stereocenters. The number of carbonyl (C=O) groups excluding carboxylic acids is 2. The molecule has 1 fully saturated rings. The zero-order chi connectivity index (χ0) is 19.4. The van der Waals surface area contributed by atoms with Gasteiger partial charge < -0.3 is 19.7 Å². The number of amides is 2. The predicted molar refractivity (Wildman–Crippen MR) is 103 cm³/mol. The van der Waals surface area contributed by atoms with Crippen molar-refractivity contribution < 1.29 is 19.1 Å². The van der Waals surface area contributed by atoms with Crippen molar-refractivity contribution in [2.24, 2.45) is 5.92 Å². The Balaban J connectivity index is 1.64. The van der Waals surface area contributed by atoms with Gasteiger partial charge in [0.15, 0.2) is 0 Å². The number of benzene rings is 2. The fraction of sp³-hybridized carbons (Fsp3) is 0.300. The minimum absolute atomic E-state index is 0.0379. The van der Waals surface area contributed by atoms with Crippen LogP contribution in [0, 0.1) is 5.92 Å². The standard InChI is InChI=1S/C20H21ClN2O4/c1-26-16-6-3-13(4-7-16)11-23-12-14(9-19(23)24)20(25)22-17-10-15(21)5-8-18(17)27-2/h3-8,10,14H,9,11-12H2,1-2H3,(H,22,25)/t14-/m0/s1. The number of nitrogens with one attached hydrogen (secondary N) is 1. The number of likely N-dealkylation sites (tertiary alicyclic amines) is 1. The minimum atomic E-state index is -0.417. The van der Waals surface area contributed by atoms with Crippen molar-refractivity contribution in [3.8, 4) is 11.5 Å². The minimum Gasteiger partial charge on any atom is -0.497 e. The van der Waals surface area contributed by atoms with Crippen molar-refractivity contribution in [2.75, 3.05) is 26.1 Å². The molecule has 1 N–H and O–H groups in total. The van der Waals surface area contributed by atoms with Crippen LogP contribution in [0.5, 0.6) is 11.5 Å². The van der Waals surface area contributed by atoms with Crippen LogP contribution in [-0.2, 0) is 16.1 Å². The molecule has 2 aromatic rings. The molecule has 6 nitrogen and oxygen atoms in total. The number of ether oxygens (including phenoxy) is 2. The van der Waals surface area contributed by atoms with Crippen LogP contribution in [0.1, 0.15) is 12.0 Å². The molecule has 2 amide bonds. The highest BCUT2D eigenvalue weighted by Crippen LogP contribution is 2.29. The third kappa shape index (κ3) is 4.52. The van der Waals surface area contributed by atoms with Gasteiger partial charge in [0.05, 0.1) is 25.8 Å². The number of methoxy groups -OCH3 is 2. The van der Waals surface area contributed by atoms with E-state index < -0.39 is 5.92 Å². The van der Waals surface area contributed by atoms with E-state index in [0.717, 1.165) is 11.3 Å². The maximum atomic E-state index is 12.6. The first-order chi connectivity index (χ1) is 13.0. The van der Waals surface area contributed by atoms with E-state index in [4.69, 9.17) is 21.1 Å². The third-order valence-electron chi connectivity index (χ3n) is 4.54. The van der Waals surface area contributed by atoms with Gasteiger partial charge in [0.1, 0.15) is 11.5 Å². The number of nitrogens with zero attached hydrogens (tertiary/aromatic N) is 1. The van der Waals surface area contributed by atoms with Crippen molar-refractivity contribution in [1.82, 2.24) is 4.90 Å². The van der Waals surface area contributed by atoms with Crippen LogP contribution >= 0.6 is 11.6 Å². The summed E-state index contributed by atoms with van der Waals surface area (Å²) in [4.78, 5) is 26.6. The Bertz CT molecular complexity index is 838. The number of carbonyl (C=O) groups is 2. The molecule has 1 heterocycles. The Labute approximate surface area is 163 Å². The number of hydrogen-bond acceptors (Lipinski definition) is 4. The molecule has 0 radical (unpaired) electrons. The fourth-order valence-corrected chi connectivity index (χ4v) is 3.24. The molecule has 7 heteroatoms. The van der Waals surface area contributed by atoms with Gasteiger partial charge in [-0.2, -0.15) is 0 Å². The van der Waals surface area contributed by atoms with E-state index in [9.17, 15) is 9.59 Å². The lowest BCUT2D eigenvalue weighted by Gasteiger charge is -2.17. The smallest absolute Gasteiger partial charge is 0.229 e. The number of rotatable bonds is 6. The van der Waals surface area contributed by atoms with Crippen molar-refractivity contribution in [2.45, 2.75) is 13.0 Å². The van der Waals surface area contributed by atoms with Crippen molar-refractivity contribution in [3.05, 3.63) is 53.1 Å². The van der Waals surface area contributed by atoms with Gasteiger partial charge in [-0.1, -0.05) is 23.7 Å². The highest BCUT2D eigenvalue weighted by molar-refractivity contribution is 6.31. The monoisotopic (exact) mass is 388 g/mol. The van der Waals surface area contributed by atoms with Gasteiger partial charge in [0.25, 0.3) is 0 Å². The van der Waals surface area contributed by atoms with Gasteiger partial charge in [0, 0.05) is 24.5 Å². The molecule has 1 aliphatic heterocycles. The lowest BCUT2D eigenvalue weighted by molar-refractivity contribution is -0.128. The molecule has 1 aliphatic rings. The summed E-state index contributed by atoms with van der Waals surface area (Å²) in [5, 5.41) is 3.32. The summed E-state index contributed by atoms with van der Waals surface area (Å²) in [6.07, 6.45) is 0.185. The SMILES string of the molecule is COc1ccc(CN2C[C@@H](C(=O)Nc3cc(Cl)ccc3OC)CC2=O)cc1. The topological polar surface area (TPSA) is 67.9 Å². The molecule has 0 aromatic heterocycles. The second-order valence-electron chi connectivity index (χ2n) is 6.36. The Kier molecular flexibility index (Phi) is 5.86. The first-order valence-corrected chi connectivity index (χ1v) is 8.93. The summed E-state index contributed by atoms with van der Waals surface area (Å²) in [6.45, 7) is 0.840. The third-order valence-corrected chi connectivity index (χ3v) is 4.77. The lowest BCUT2D eigenvalue weighted by atomic mass is 10.1. The molecule has 2 aromatic carbocycles. The largest absolute Gasteiger partial charge is 0.497 e. The highest BCUT2D eigenvalue weighted by Gasteiger charge is 2.34. The van der Waals surface area contributed by atoms with E-state index in [1.807, 2.05) is 24.3 Å². The van der Waals surface area contributed by atoms with Gasteiger partial charge in [-0.15, -0.1) is 0 Å². The zero-order valence-electron chi connectivity index (χ0n) is 15.2. The Morgan fingerprint density at radius 2 is 1.93 bits per heavy atom. The fourth-order valence-electron chi connectivity index (χ4n) is 3.06. The van der Waals surface area contributed by atoms with Gasteiger partial charge >= 0.3 is 0 Å². The van der Waals surface area contributed by atoms with Crippen LogP contribution in [0.25, 0.3) is 0 Å². The summed E-state index contributed by atoms with van der Waals surface area (Å²) in [5.41, 5.74) is 1.48. The second-order valence-corrected chi connectivity index (χ2v) is 6.79. The first-order valence-electron chi connectivity index (χ1n) is 8.55. The van der Waals surface area contributed by atoms with Crippen LogP contribution in [0.3, 0.4) is 0 Å². The zero-order valence-corrected chi connectivity index (χ0v) is 16.0. The van der Waals surface area contributed by atoms with Gasteiger partial charge in [-0.3, -0.25) is 9.59 Å². The van der Waals surface area contributed by atoms with E-state index >= 15 is 0 Å². The quantitative estimate of drug-likeness (QED) is 0.824. The average molecular weight is 389 g/mol. The maximum absolute atomic E-state index is 12.6. The van der Waals surface area contributed by atoms with E-state index in [1.165, 1.54) is 7.11 Å². The predicted octanol–water partition coefficient (Wildman–Crippen LogP) is 3.34. The van der Waals surface area contributed by atoms with Crippen LogP contribution in [0.4, 0.5) is 5.69 Å². The molecule has 0 aliphatic carbocycles. The van der Waals surface area contributed by atoms with Crippen LogP contribution in [-0.4, -0.2) is 37.5 Å². The Morgan fingerprint density at radius 1 is 1.19 bits per heavy atom. The molecule has 0 saturated carbocycles. The summed E-state index contributed by atoms with van der Waals surface area (Å²) < 4.78 is 10.4. The van der Waals surface area contributed by atoms with Crippen molar-refractivity contribution in [3.63, 3.8) is 0 Å². The Morgan fingerprint density at radius 3 is 2.59 bits per heavy atom. The van der Waals surface area contributed by atoms with E-state index in [0.29, 0.717) is 29.5 Å². The second kappa shape index (κ2) is 8.31. The molecule has 3 rings (SSSR count). The molecule has 142 valence electrons. The number of hydrogen-bond donors (Lipinski definition) is 1. The van der Waals surface area contributed by atoms with E-state index in [2.05, 4.69) is 5.32 Å². The summed E-state index contributed by atoms with van der Waals surface area (Å²) >= 11 is 6.00. The average Bonchev–Trinajstić information content (AvgIpc) is 3.03. The summed E-state index contributed by atoms with van der Waals surface area (Å²) in [6, 6.07) is 12.5.